The van der Waals surface area contributed by atoms with Crippen LogP contribution >= 0.6 is 11.8 Å². The van der Waals surface area contributed by atoms with Gasteiger partial charge in [0, 0.05) is 17.3 Å². The van der Waals surface area contributed by atoms with Crippen molar-refractivity contribution in [2.24, 2.45) is 0 Å². The molecule has 3 amide bonds. The average Bonchev–Trinajstić information content (AvgIpc) is 2.96. The summed E-state index contributed by atoms with van der Waals surface area (Å²) in [6, 6.07) is 18.5. The lowest BCUT2D eigenvalue weighted by molar-refractivity contribution is -0.143. The topological polar surface area (TPSA) is 87.7 Å². The summed E-state index contributed by atoms with van der Waals surface area (Å²) in [6.07, 6.45) is 7.82. The third-order valence-corrected chi connectivity index (χ3v) is 7.50. The monoisotopic (exact) mass is 587 g/mol. The van der Waals surface area contributed by atoms with Crippen molar-refractivity contribution < 1.29 is 19.1 Å². The van der Waals surface area contributed by atoms with Gasteiger partial charge in [0.15, 0.2) is 0 Å². The minimum absolute atomic E-state index is 0.325. The fourth-order valence-corrected chi connectivity index (χ4v) is 5.07. The summed E-state index contributed by atoms with van der Waals surface area (Å²) in [6.45, 7) is 9.17. The molecule has 0 spiro atoms. The first-order valence-corrected chi connectivity index (χ1v) is 15.5. The molecule has 3 aromatic carbocycles. The molecule has 0 fully saturated rings. The van der Waals surface area contributed by atoms with Gasteiger partial charge in [0.05, 0.1) is 0 Å². The summed E-state index contributed by atoms with van der Waals surface area (Å²) in [4.78, 5) is 42.9. The molecule has 0 saturated heterocycles. The van der Waals surface area contributed by atoms with Crippen LogP contribution in [0.5, 0.6) is 0 Å². The Balaban J connectivity index is 2.05. The Labute approximate surface area is 253 Å². The summed E-state index contributed by atoms with van der Waals surface area (Å²) in [5.41, 5.74) is 1.17. The van der Waals surface area contributed by atoms with Crippen LogP contribution in [0.15, 0.2) is 66.7 Å². The third-order valence-electron chi connectivity index (χ3n) is 6.86. The molecule has 3 rings (SSSR count). The highest BCUT2D eigenvalue weighted by Crippen LogP contribution is 2.29. The highest BCUT2D eigenvalue weighted by Gasteiger charge is 2.38. The first-order valence-electron chi connectivity index (χ1n) is 14.1. The van der Waals surface area contributed by atoms with E-state index in [4.69, 9.17) is 11.2 Å². The van der Waals surface area contributed by atoms with Gasteiger partial charge in [-0.25, -0.2) is 4.79 Å². The number of amides is 3. The second kappa shape index (κ2) is 14.8. The average molecular weight is 588 g/mol. The second-order valence-electron chi connectivity index (χ2n) is 11.2. The van der Waals surface area contributed by atoms with Crippen LogP contribution in [0.25, 0.3) is 10.8 Å². The molecule has 3 atom stereocenters. The molecule has 0 aliphatic heterocycles. The van der Waals surface area contributed by atoms with Crippen molar-refractivity contribution in [1.82, 2.24) is 10.2 Å². The fraction of sp³-hybridized carbons (Fsp3) is 0.382. The minimum Gasteiger partial charge on any atom is -0.444 e. The molecule has 0 radical (unpaired) electrons. The smallest absolute Gasteiger partial charge is 0.408 e. The highest BCUT2D eigenvalue weighted by molar-refractivity contribution is 7.98. The predicted molar refractivity (Wildman–Crippen MR) is 172 cm³/mol. The van der Waals surface area contributed by atoms with E-state index in [0.717, 1.165) is 10.8 Å². The number of fused-ring (bicyclic) bond motifs is 1. The van der Waals surface area contributed by atoms with Crippen LogP contribution in [0.2, 0.25) is 0 Å². The van der Waals surface area contributed by atoms with Gasteiger partial charge in [-0.15, -0.1) is 6.42 Å². The zero-order valence-corrected chi connectivity index (χ0v) is 26.1. The Morgan fingerprint density at radius 3 is 2.29 bits per heavy atom. The van der Waals surface area contributed by atoms with Gasteiger partial charge in [0.2, 0.25) is 5.91 Å². The van der Waals surface area contributed by atoms with Crippen LogP contribution in [-0.4, -0.2) is 52.5 Å². The van der Waals surface area contributed by atoms with Gasteiger partial charge in [-0.05, 0) is 93.1 Å². The number of nitrogens with zero attached hydrogens (tertiary/aromatic N) is 1. The lowest BCUT2D eigenvalue weighted by Crippen LogP contribution is -2.55. The Kier molecular flexibility index (Phi) is 11.5. The fourth-order valence-electron chi connectivity index (χ4n) is 4.60. The van der Waals surface area contributed by atoms with E-state index in [1.165, 1.54) is 0 Å². The third kappa shape index (κ3) is 8.77. The molecular weight excluding hydrogens is 546 g/mol. The van der Waals surface area contributed by atoms with Gasteiger partial charge >= 0.3 is 6.09 Å². The number of terminal acetylenes is 1. The first-order chi connectivity index (χ1) is 20.0. The van der Waals surface area contributed by atoms with Crippen molar-refractivity contribution in [3.8, 4) is 12.3 Å². The molecule has 0 heterocycles. The van der Waals surface area contributed by atoms with Crippen molar-refractivity contribution in [3.63, 3.8) is 0 Å². The normalized spacial score (nSPS) is 13.4. The van der Waals surface area contributed by atoms with Gasteiger partial charge in [0.25, 0.3) is 5.91 Å². The van der Waals surface area contributed by atoms with Crippen molar-refractivity contribution in [1.29, 1.82) is 0 Å². The number of nitrogens with one attached hydrogen (secondary N) is 2. The van der Waals surface area contributed by atoms with Crippen molar-refractivity contribution in [2.75, 3.05) is 17.3 Å². The second-order valence-corrected chi connectivity index (χ2v) is 12.2. The van der Waals surface area contributed by atoms with E-state index in [1.807, 2.05) is 62.6 Å². The molecule has 2 N–H and O–H groups in total. The molecule has 3 unspecified atom stereocenters. The lowest BCUT2D eigenvalue weighted by Gasteiger charge is -2.38. The molecule has 222 valence electrons. The molecule has 7 nitrogen and oxygen atoms in total. The van der Waals surface area contributed by atoms with Gasteiger partial charge in [0.1, 0.15) is 17.7 Å². The molecule has 0 saturated carbocycles. The molecule has 0 aliphatic carbocycles. The van der Waals surface area contributed by atoms with E-state index in [2.05, 4.69) is 16.6 Å². The number of thioether (sulfide) groups is 1. The summed E-state index contributed by atoms with van der Waals surface area (Å²) in [7, 11) is 0. The SMILES string of the molecule is C#Cc1ccc(C(C(=O)Nc2ccc3ccccc3c2)N(C(=O)C(CCSC)NC(=O)OC(C)(C)C)C(C)CC)cc1. The van der Waals surface area contributed by atoms with Gasteiger partial charge in [-0.2, -0.15) is 11.8 Å². The number of benzene rings is 3. The maximum atomic E-state index is 14.4. The van der Waals surface area contributed by atoms with Crippen LogP contribution in [0.4, 0.5) is 10.5 Å². The quantitative estimate of drug-likeness (QED) is 0.242. The lowest BCUT2D eigenvalue weighted by atomic mass is 9.98. The van der Waals surface area contributed by atoms with Crippen LogP contribution in [0.3, 0.4) is 0 Å². The maximum Gasteiger partial charge on any atom is 0.408 e. The zero-order chi connectivity index (χ0) is 30.9. The summed E-state index contributed by atoms with van der Waals surface area (Å²) < 4.78 is 5.47. The number of carbonyl (C=O) groups is 3. The number of hydrogen-bond donors (Lipinski definition) is 2. The van der Waals surface area contributed by atoms with Crippen LogP contribution in [0.1, 0.15) is 64.6 Å². The van der Waals surface area contributed by atoms with Crippen LogP contribution < -0.4 is 10.6 Å². The minimum atomic E-state index is -0.983. The zero-order valence-electron chi connectivity index (χ0n) is 25.3. The van der Waals surface area contributed by atoms with Crippen molar-refractivity contribution >= 4 is 46.1 Å². The number of hydrogen-bond acceptors (Lipinski definition) is 5. The first kappa shape index (κ1) is 32.6. The number of alkyl carbamates (subject to hydrolysis) is 1. The van der Waals surface area contributed by atoms with E-state index in [0.29, 0.717) is 35.4 Å². The molecule has 8 heteroatoms. The summed E-state index contributed by atoms with van der Waals surface area (Å²) >= 11 is 1.57. The van der Waals surface area contributed by atoms with Gasteiger partial charge in [-0.3, -0.25) is 9.59 Å². The Morgan fingerprint density at radius 2 is 1.69 bits per heavy atom. The molecule has 0 aromatic heterocycles. The van der Waals surface area contributed by atoms with E-state index < -0.39 is 23.8 Å². The summed E-state index contributed by atoms with van der Waals surface area (Å²) in [5.74, 6) is 2.51. The molecule has 42 heavy (non-hydrogen) atoms. The number of rotatable bonds is 11. The molecule has 0 bridgehead atoms. The Morgan fingerprint density at radius 1 is 1.02 bits per heavy atom. The Hall–Kier alpha value is -3.96. The number of ether oxygens (including phenoxy) is 1. The maximum absolute atomic E-state index is 14.4. The molecular formula is C34H41N3O4S. The summed E-state index contributed by atoms with van der Waals surface area (Å²) in [5, 5.41) is 7.86. The van der Waals surface area contributed by atoms with Crippen LogP contribution in [0, 0.1) is 12.3 Å². The number of anilines is 1. The highest BCUT2D eigenvalue weighted by atomic mass is 32.2. The number of carbonyl (C=O) groups excluding carboxylic acids is 3. The van der Waals surface area contributed by atoms with Gasteiger partial charge in [-0.1, -0.05) is 55.3 Å². The van der Waals surface area contributed by atoms with E-state index in [1.54, 1.807) is 61.7 Å². The predicted octanol–water partition coefficient (Wildman–Crippen LogP) is 6.77. The van der Waals surface area contributed by atoms with Gasteiger partial charge < -0.3 is 20.3 Å². The van der Waals surface area contributed by atoms with Crippen LogP contribution in [-0.2, 0) is 14.3 Å². The van der Waals surface area contributed by atoms with Crippen molar-refractivity contribution in [2.45, 2.75) is 71.2 Å². The van der Waals surface area contributed by atoms with E-state index >= 15 is 0 Å². The van der Waals surface area contributed by atoms with Crippen molar-refractivity contribution in [3.05, 3.63) is 77.9 Å². The molecule has 3 aromatic rings. The van der Waals surface area contributed by atoms with E-state index in [9.17, 15) is 14.4 Å². The standard InChI is InChI=1S/C34H41N3O4S/c1-8-23(3)37(32(39)29(20-21-42-7)36-33(40)41-34(4,5)6)30(26-16-14-24(9-2)15-17-26)31(38)35-28-19-18-25-12-10-11-13-27(25)22-28/h2,10-19,22-23,29-30H,8,20-21H2,1,3-7H3,(H,35,38)(H,36,40). The molecule has 0 aliphatic rings. The largest absolute Gasteiger partial charge is 0.444 e. The van der Waals surface area contributed by atoms with E-state index in [-0.39, 0.29) is 17.9 Å². The Bertz CT molecular complexity index is 1430.